The van der Waals surface area contributed by atoms with Crippen LogP contribution in [0, 0.1) is 5.82 Å². The number of carbonyl (C=O) groups excluding carboxylic acids is 2. The maximum Gasteiger partial charge on any atom is 0.279 e. The molecule has 2 rings (SSSR count). The Kier molecular flexibility index (Phi) is 5.14. The van der Waals surface area contributed by atoms with Crippen molar-refractivity contribution in [1.82, 2.24) is 5.32 Å². The molecule has 1 aromatic rings. The van der Waals surface area contributed by atoms with Crippen LogP contribution in [0.5, 0.6) is 0 Å². The van der Waals surface area contributed by atoms with Crippen molar-refractivity contribution in [3.63, 3.8) is 0 Å². The molecule has 2 amide bonds. The molecule has 3 N–H and O–H groups in total. The first-order valence-electron chi connectivity index (χ1n) is 6.79. The van der Waals surface area contributed by atoms with Gasteiger partial charge in [0.05, 0.1) is 12.1 Å². The number of hydrogen-bond acceptors (Lipinski definition) is 2. The second-order valence-corrected chi connectivity index (χ2v) is 5.74. The minimum absolute atomic E-state index is 0.0442. The van der Waals surface area contributed by atoms with Gasteiger partial charge in [0.15, 0.2) is 13.1 Å². The molecule has 1 saturated carbocycles. The number of amides is 2. The van der Waals surface area contributed by atoms with Gasteiger partial charge in [-0.3, -0.25) is 9.59 Å². The third kappa shape index (κ3) is 5.32. The molecular weight excluding hydrogens is 297 g/mol. The molecule has 0 radical (unpaired) electrons. The normalized spacial score (nSPS) is 15.4. The lowest BCUT2D eigenvalue weighted by Gasteiger charge is -2.13. The van der Waals surface area contributed by atoms with Gasteiger partial charge in [-0.1, -0.05) is 11.6 Å². The molecule has 0 spiro atoms. The fraction of sp³-hybridized carbons (Fsp3) is 0.429. The Morgan fingerprint density at radius 3 is 2.62 bits per heavy atom. The van der Waals surface area contributed by atoms with Gasteiger partial charge in [0, 0.05) is 11.7 Å². The smallest absolute Gasteiger partial charge is 0.279 e. The second-order valence-electron chi connectivity index (χ2n) is 5.33. The summed E-state index contributed by atoms with van der Waals surface area (Å²) in [5.74, 6) is -0.837. The SMILES string of the molecule is C[NH+](CC(=O)Nc1ccc(F)c(Cl)c1)CC(=O)NC1CC1. The zero-order valence-electron chi connectivity index (χ0n) is 11.7. The van der Waals surface area contributed by atoms with Crippen molar-refractivity contribution in [2.45, 2.75) is 18.9 Å². The molecule has 1 fully saturated rings. The fourth-order valence-electron chi connectivity index (χ4n) is 1.90. The standard InChI is InChI=1S/C14H17ClFN3O2/c1-19(7-13(20)17-9-2-3-9)8-14(21)18-10-4-5-12(16)11(15)6-10/h4-6,9H,2-3,7-8H2,1H3,(H,17,20)(H,18,21)/p+1. The topological polar surface area (TPSA) is 62.6 Å². The molecule has 1 aliphatic carbocycles. The molecule has 7 heteroatoms. The van der Waals surface area contributed by atoms with Crippen LogP contribution >= 0.6 is 11.6 Å². The van der Waals surface area contributed by atoms with Crippen molar-refractivity contribution < 1.29 is 18.9 Å². The van der Waals surface area contributed by atoms with E-state index in [1.807, 2.05) is 0 Å². The Morgan fingerprint density at radius 1 is 1.33 bits per heavy atom. The van der Waals surface area contributed by atoms with Crippen LogP contribution in [0.1, 0.15) is 12.8 Å². The Labute approximate surface area is 127 Å². The average Bonchev–Trinajstić information content (AvgIpc) is 3.17. The first kappa shape index (κ1) is 15.7. The summed E-state index contributed by atoms with van der Waals surface area (Å²) in [4.78, 5) is 24.2. The van der Waals surface area contributed by atoms with Crippen molar-refractivity contribution in [3.8, 4) is 0 Å². The number of rotatable bonds is 6. The first-order valence-corrected chi connectivity index (χ1v) is 7.17. The van der Waals surface area contributed by atoms with E-state index in [9.17, 15) is 14.0 Å². The maximum absolute atomic E-state index is 13.0. The van der Waals surface area contributed by atoms with Crippen LogP contribution in [0.25, 0.3) is 0 Å². The quantitative estimate of drug-likeness (QED) is 0.703. The summed E-state index contributed by atoms with van der Waals surface area (Å²) in [5.41, 5.74) is 0.432. The van der Waals surface area contributed by atoms with Gasteiger partial charge >= 0.3 is 0 Å². The predicted octanol–water partition coefficient (Wildman–Crippen LogP) is 0.211. The summed E-state index contributed by atoms with van der Waals surface area (Å²) in [6.45, 7) is 0.390. The molecule has 1 aliphatic rings. The largest absolute Gasteiger partial charge is 0.348 e. The van der Waals surface area contributed by atoms with E-state index in [0.717, 1.165) is 17.7 Å². The highest BCUT2D eigenvalue weighted by Gasteiger charge is 2.24. The minimum Gasteiger partial charge on any atom is -0.348 e. The highest BCUT2D eigenvalue weighted by Crippen LogP contribution is 2.19. The van der Waals surface area contributed by atoms with Crippen molar-refractivity contribution in [1.29, 1.82) is 0 Å². The van der Waals surface area contributed by atoms with Crippen LogP contribution in [0.15, 0.2) is 18.2 Å². The lowest BCUT2D eigenvalue weighted by Crippen LogP contribution is -3.11. The maximum atomic E-state index is 13.0. The molecular formula is C14H18ClFN3O2+. The van der Waals surface area contributed by atoms with Gasteiger partial charge < -0.3 is 15.5 Å². The van der Waals surface area contributed by atoms with Gasteiger partial charge in [0.25, 0.3) is 11.8 Å². The minimum atomic E-state index is -0.533. The molecule has 0 heterocycles. The van der Waals surface area contributed by atoms with Crippen LogP contribution in [0.3, 0.4) is 0 Å². The first-order chi connectivity index (χ1) is 9.94. The molecule has 0 aliphatic heterocycles. The van der Waals surface area contributed by atoms with Crippen LogP contribution in [-0.4, -0.2) is 38.0 Å². The molecule has 1 aromatic carbocycles. The number of benzene rings is 1. The van der Waals surface area contributed by atoms with E-state index in [-0.39, 0.29) is 29.9 Å². The van der Waals surface area contributed by atoms with E-state index in [0.29, 0.717) is 11.7 Å². The lowest BCUT2D eigenvalue weighted by atomic mass is 10.3. The van der Waals surface area contributed by atoms with E-state index in [2.05, 4.69) is 10.6 Å². The number of hydrogen-bond donors (Lipinski definition) is 3. The van der Waals surface area contributed by atoms with Crippen molar-refractivity contribution in [2.24, 2.45) is 0 Å². The fourth-order valence-corrected chi connectivity index (χ4v) is 2.08. The molecule has 0 aromatic heterocycles. The molecule has 5 nitrogen and oxygen atoms in total. The zero-order valence-corrected chi connectivity index (χ0v) is 12.5. The van der Waals surface area contributed by atoms with Crippen LogP contribution in [-0.2, 0) is 9.59 Å². The van der Waals surface area contributed by atoms with E-state index in [4.69, 9.17) is 11.6 Å². The number of quaternary nitrogens is 1. The predicted molar refractivity (Wildman–Crippen MR) is 77.8 cm³/mol. The van der Waals surface area contributed by atoms with E-state index < -0.39 is 5.82 Å². The molecule has 114 valence electrons. The van der Waals surface area contributed by atoms with Gasteiger partial charge in [0.1, 0.15) is 5.82 Å². The summed E-state index contributed by atoms with van der Waals surface area (Å²) in [7, 11) is 1.77. The Morgan fingerprint density at radius 2 is 2.00 bits per heavy atom. The summed E-state index contributed by atoms with van der Waals surface area (Å²) in [6.07, 6.45) is 2.08. The van der Waals surface area contributed by atoms with Crippen molar-refractivity contribution in [2.75, 3.05) is 25.5 Å². The van der Waals surface area contributed by atoms with Gasteiger partial charge in [-0.25, -0.2) is 4.39 Å². The van der Waals surface area contributed by atoms with Gasteiger partial charge in [-0.05, 0) is 31.0 Å². The third-order valence-corrected chi connectivity index (χ3v) is 3.36. The second kappa shape index (κ2) is 6.87. The van der Waals surface area contributed by atoms with Gasteiger partial charge in [0.2, 0.25) is 0 Å². The van der Waals surface area contributed by atoms with Gasteiger partial charge in [-0.15, -0.1) is 0 Å². The summed E-state index contributed by atoms with van der Waals surface area (Å²) >= 11 is 5.64. The number of anilines is 1. The van der Waals surface area contributed by atoms with Crippen LogP contribution < -0.4 is 15.5 Å². The van der Waals surface area contributed by atoms with Crippen molar-refractivity contribution >= 4 is 29.1 Å². The van der Waals surface area contributed by atoms with E-state index in [1.165, 1.54) is 18.2 Å². The number of nitrogens with one attached hydrogen (secondary N) is 3. The Bertz CT molecular complexity index is 549. The van der Waals surface area contributed by atoms with Crippen molar-refractivity contribution in [3.05, 3.63) is 29.0 Å². The zero-order chi connectivity index (χ0) is 15.4. The van der Waals surface area contributed by atoms with Crippen LogP contribution in [0.2, 0.25) is 5.02 Å². The molecule has 1 unspecified atom stereocenters. The molecule has 21 heavy (non-hydrogen) atoms. The highest BCUT2D eigenvalue weighted by atomic mass is 35.5. The third-order valence-electron chi connectivity index (χ3n) is 3.07. The van der Waals surface area contributed by atoms with E-state index >= 15 is 0 Å². The lowest BCUT2D eigenvalue weighted by molar-refractivity contribution is -0.862. The summed E-state index contributed by atoms with van der Waals surface area (Å²) < 4.78 is 13.0. The summed E-state index contributed by atoms with van der Waals surface area (Å²) in [5, 5.41) is 5.45. The number of carbonyl (C=O) groups is 2. The number of halogens is 2. The summed E-state index contributed by atoms with van der Waals surface area (Å²) in [6, 6.07) is 4.30. The molecule has 1 atom stereocenters. The van der Waals surface area contributed by atoms with E-state index in [1.54, 1.807) is 7.05 Å². The molecule has 0 bridgehead atoms. The van der Waals surface area contributed by atoms with Gasteiger partial charge in [-0.2, -0.15) is 0 Å². The number of likely N-dealkylation sites (N-methyl/N-ethyl adjacent to an activating group) is 1. The Hall–Kier alpha value is -1.66. The van der Waals surface area contributed by atoms with Crippen LogP contribution in [0.4, 0.5) is 10.1 Å². The monoisotopic (exact) mass is 314 g/mol. The average molecular weight is 315 g/mol. The highest BCUT2D eigenvalue weighted by molar-refractivity contribution is 6.31. The Balaban J connectivity index is 1.77. The molecule has 0 saturated heterocycles.